The predicted octanol–water partition coefficient (Wildman–Crippen LogP) is 19.0. The molecule has 0 aliphatic heterocycles. The van der Waals surface area contributed by atoms with Crippen LogP contribution in [0, 0.1) is 0 Å². The second kappa shape index (κ2) is 55.9. The van der Waals surface area contributed by atoms with E-state index >= 15 is 0 Å². The van der Waals surface area contributed by atoms with Crippen molar-refractivity contribution in [1.82, 2.24) is 0 Å². The van der Waals surface area contributed by atoms with Crippen molar-refractivity contribution in [2.45, 2.75) is 296 Å². The van der Waals surface area contributed by atoms with Gasteiger partial charge in [0.15, 0.2) is 6.10 Å². The van der Waals surface area contributed by atoms with Gasteiger partial charge in [-0.3, -0.25) is 9.59 Å². The zero-order valence-electron chi connectivity index (χ0n) is 43.3. The largest absolute Gasteiger partial charge is 0.462 e. The summed E-state index contributed by atoms with van der Waals surface area (Å²) in [5.74, 6) is -0.575. The van der Waals surface area contributed by atoms with Gasteiger partial charge in [0.05, 0.1) is 6.61 Å². The minimum atomic E-state index is -0.769. The first-order valence-electron chi connectivity index (χ1n) is 28.3. The molecule has 0 amide bonds. The van der Waals surface area contributed by atoms with E-state index < -0.39 is 6.10 Å². The van der Waals surface area contributed by atoms with E-state index in [9.17, 15) is 14.7 Å². The molecule has 5 heteroatoms. The molecule has 0 aromatic carbocycles. The molecule has 65 heavy (non-hydrogen) atoms. The molecule has 0 spiro atoms. The van der Waals surface area contributed by atoms with Gasteiger partial charge in [-0.05, 0) is 57.8 Å². The van der Waals surface area contributed by atoms with Crippen LogP contribution in [0.2, 0.25) is 0 Å². The lowest BCUT2D eigenvalue weighted by molar-refractivity contribution is -0.161. The Bertz CT molecular complexity index is 1120. The highest BCUT2D eigenvalue weighted by atomic mass is 16.6. The Hall–Kier alpha value is -2.40. The summed E-state index contributed by atoms with van der Waals surface area (Å²) in [5.41, 5.74) is 0. The van der Waals surface area contributed by atoms with E-state index in [1.54, 1.807) is 0 Å². The van der Waals surface area contributed by atoms with Crippen LogP contribution in [-0.4, -0.2) is 36.4 Å². The summed E-state index contributed by atoms with van der Waals surface area (Å²) in [4.78, 5) is 24.5. The molecule has 0 aliphatic carbocycles. The van der Waals surface area contributed by atoms with Crippen molar-refractivity contribution in [1.29, 1.82) is 0 Å². The maximum absolute atomic E-state index is 12.3. The third-order valence-corrected chi connectivity index (χ3v) is 12.6. The second-order valence-electron chi connectivity index (χ2n) is 19.0. The number of aliphatic hydroxyl groups excluding tert-OH is 1. The first kappa shape index (κ1) is 62.6. The first-order valence-corrected chi connectivity index (χ1v) is 28.3. The van der Waals surface area contributed by atoms with Crippen molar-refractivity contribution in [2.24, 2.45) is 0 Å². The predicted molar refractivity (Wildman–Crippen MR) is 284 cm³/mol. The van der Waals surface area contributed by atoms with E-state index in [1.165, 1.54) is 193 Å². The number of carbonyl (C=O) groups excluding carboxylic acids is 2. The number of aliphatic hydroxyl groups is 1. The molecule has 5 nitrogen and oxygen atoms in total. The smallest absolute Gasteiger partial charge is 0.306 e. The molecule has 0 fully saturated rings. The van der Waals surface area contributed by atoms with Crippen LogP contribution in [0.25, 0.3) is 0 Å². The quantitative estimate of drug-likeness (QED) is 0.0374. The highest BCUT2D eigenvalue weighted by molar-refractivity contribution is 5.70. The first-order chi connectivity index (χ1) is 32.1. The topological polar surface area (TPSA) is 72.8 Å². The van der Waals surface area contributed by atoms with Crippen molar-refractivity contribution in [3.05, 3.63) is 60.8 Å². The number of allylic oxidation sites excluding steroid dienone is 10. The lowest BCUT2D eigenvalue weighted by Crippen LogP contribution is -2.28. The monoisotopic (exact) mass is 909 g/mol. The number of hydrogen-bond acceptors (Lipinski definition) is 5. The van der Waals surface area contributed by atoms with Crippen molar-refractivity contribution < 1.29 is 24.2 Å². The van der Waals surface area contributed by atoms with Crippen molar-refractivity contribution in [2.75, 3.05) is 13.2 Å². The van der Waals surface area contributed by atoms with Gasteiger partial charge in [-0.15, -0.1) is 0 Å². The lowest BCUT2D eigenvalue weighted by Gasteiger charge is -2.15. The summed E-state index contributed by atoms with van der Waals surface area (Å²) in [5, 5.41) is 9.64. The van der Waals surface area contributed by atoms with Gasteiger partial charge in [-0.25, -0.2) is 0 Å². The van der Waals surface area contributed by atoms with Crippen LogP contribution in [0.15, 0.2) is 60.8 Å². The molecule has 0 saturated heterocycles. The van der Waals surface area contributed by atoms with E-state index in [1.807, 2.05) is 0 Å². The van der Waals surface area contributed by atoms with Gasteiger partial charge in [0.1, 0.15) is 6.61 Å². The molecule has 0 radical (unpaired) electrons. The standard InChI is InChI=1S/C60H108O5/c1-3-5-7-9-11-13-15-17-19-21-22-23-24-25-26-27-28-29-30-31-32-33-34-35-36-37-38-39-41-43-45-47-49-51-53-55-60(63)65-58(56-61)57-64-59(62)54-52-50-48-46-44-42-40-20-18-16-14-12-10-8-6-4-2/h5,7,11,13,17,19,22-23,25-26,58,61H,3-4,6,8-10,12,14-16,18,20-21,24,27-57H2,1-2H3/b7-5-,13-11-,19-17-,23-22-,26-25-. The van der Waals surface area contributed by atoms with Crippen LogP contribution in [0.4, 0.5) is 0 Å². The number of ether oxygens (including phenoxy) is 2. The molecule has 0 aromatic heterocycles. The second-order valence-corrected chi connectivity index (χ2v) is 19.0. The zero-order valence-corrected chi connectivity index (χ0v) is 43.3. The van der Waals surface area contributed by atoms with Crippen molar-refractivity contribution >= 4 is 11.9 Å². The fraction of sp³-hybridized carbons (Fsp3) is 0.800. The normalized spacial score (nSPS) is 12.6. The zero-order chi connectivity index (χ0) is 47.0. The van der Waals surface area contributed by atoms with E-state index in [4.69, 9.17) is 9.47 Å². The SMILES string of the molecule is CC/C=C\C/C=C\C/C=C\C/C=C\C/C=C\CCCCCCCCCCCCCCCCCCCCCC(=O)OC(CO)COC(=O)CCCCCCCCCCCCCCCCCC. The van der Waals surface area contributed by atoms with Crippen LogP contribution < -0.4 is 0 Å². The highest BCUT2D eigenvalue weighted by Gasteiger charge is 2.16. The Kier molecular flexibility index (Phi) is 53.9. The number of carbonyl (C=O) groups is 2. The van der Waals surface area contributed by atoms with Crippen LogP contribution >= 0.6 is 0 Å². The summed E-state index contributed by atoms with van der Waals surface area (Å²) >= 11 is 0. The summed E-state index contributed by atoms with van der Waals surface area (Å²) in [7, 11) is 0. The average molecular weight is 910 g/mol. The van der Waals surface area contributed by atoms with Crippen LogP contribution in [-0.2, 0) is 19.1 Å². The van der Waals surface area contributed by atoms with Gasteiger partial charge in [0.2, 0.25) is 0 Å². The van der Waals surface area contributed by atoms with Crippen LogP contribution in [0.1, 0.15) is 290 Å². The summed E-state index contributed by atoms with van der Waals surface area (Å²) in [6, 6.07) is 0. The minimum absolute atomic E-state index is 0.0609. The molecule has 0 aliphatic rings. The van der Waals surface area contributed by atoms with Crippen LogP contribution in [0.5, 0.6) is 0 Å². The highest BCUT2D eigenvalue weighted by Crippen LogP contribution is 2.17. The molecule has 1 unspecified atom stereocenters. The fourth-order valence-corrected chi connectivity index (χ4v) is 8.35. The Balaban J connectivity index is 3.43. The maximum Gasteiger partial charge on any atom is 0.306 e. The Labute approximate surface area is 404 Å². The third kappa shape index (κ3) is 54.1. The van der Waals surface area contributed by atoms with E-state index in [2.05, 4.69) is 74.6 Å². The maximum atomic E-state index is 12.3. The number of rotatable bonds is 52. The average Bonchev–Trinajstić information content (AvgIpc) is 3.31. The Morgan fingerprint density at radius 2 is 0.662 bits per heavy atom. The van der Waals surface area contributed by atoms with Gasteiger partial charge in [0.25, 0.3) is 0 Å². The third-order valence-electron chi connectivity index (χ3n) is 12.6. The van der Waals surface area contributed by atoms with Crippen molar-refractivity contribution in [3.63, 3.8) is 0 Å². The lowest BCUT2D eigenvalue weighted by atomic mass is 10.0. The summed E-state index contributed by atoms with van der Waals surface area (Å²) < 4.78 is 10.7. The summed E-state index contributed by atoms with van der Waals surface area (Å²) in [6.07, 6.45) is 74.9. The number of unbranched alkanes of at least 4 members (excludes halogenated alkanes) is 34. The summed E-state index contributed by atoms with van der Waals surface area (Å²) in [6.45, 7) is 4.06. The number of hydrogen-bond donors (Lipinski definition) is 1. The molecule has 0 aromatic rings. The van der Waals surface area contributed by atoms with Crippen molar-refractivity contribution in [3.8, 4) is 0 Å². The van der Waals surface area contributed by atoms with Gasteiger partial charge in [0, 0.05) is 12.8 Å². The van der Waals surface area contributed by atoms with Gasteiger partial charge >= 0.3 is 11.9 Å². The van der Waals surface area contributed by atoms with E-state index in [0.717, 1.165) is 70.6 Å². The van der Waals surface area contributed by atoms with E-state index in [-0.39, 0.29) is 25.2 Å². The molecule has 0 rings (SSSR count). The molecule has 0 bridgehead atoms. The molecule has 0 saturated carbocycles. The van der Waals surface area contributed by atoms with Crippen LogP contribution in [0.3, 0.4) is 0 Å². The molecule has 1 N–H and O–H groups in total. The Morgan fingerprint density at radius 1 is 0.369 bits per heavy atom. The minimum Gasteiger partial charge on any atom is -0.462 e. The fourth-order valence-electron chi connectivity index (χ4n) is 8.35. The van der Waals surface area contributed by atoms with Gasteiger partial charge in [-0.1, -0.05) is 280 Å². The molecular weight excluding hydrogens is 801 g/mol. The number of esters is 2. The molecular formula is C60H108O5. The molecule has 0 heterocycles. The van der Waals surface area contributed by atoms with E-state index in [0.29, 0.717) is 12.8 Å². The van der Waals surface area contributed by atoms with Gasteiger partial charge < -0.3 is 14.6 Å². The molecule has 1 atom stereocenters. The Morgan fingerprint density at radius 3 is 1.00 bits per heavy atom. The molecule has 378 valence electrons. The van der Waals surface area contributed by atoms with Gasteiger partial charge in [-0.2, -0.15) is 0 Å².